The molecule has 0 amide bonds. The first-order valence-electron chi connectivity index (χ1n) is 34.4. The van der Waals surface area contributed by atoms with Gasteiger partial charge in [0.15, 0.2) is 6.10 Å². The third-order valence-corrected chi connectivity index (χ3v) is 14.8. The van der Waals surface area contributed by atoms with E-state index in [1.165, 1.54) is 205 Å². The molecule has 0 aromatic heterocycles. The van der Waals surface area contributed by atoms with E-state index in [2.05, 4.69) is 118 Å². The van der Waals surface area contributed by atoms with E-state index in [4.69, 9.17) is 14.2 Å². The molecule has 0 saturated carbocycles. The Morgan fingerprint density at radius 2 is 0.531 bits per heavy atom. The monoisotopic (exact) mass is 1120 g/mol. The minimum absolute atomic E-state index is 0.108. The SMILES string of the molecule is CC/C=C\C/C=C\C/C=C\C/C=C\C/C=C\CC(=O)OCC(COC(=O)CCCCCCCCCCCCCCCCCCC/C=C\C/C=C\CCCCCCC)OC(=O)CCCCCCCCCCC/C=C\C/C=C\CCCCC. The number of ether oxygens (including phenoxy) is 3. The Hall–Kier alpha value is -3.93. The molecule has 6 nitrogen and oxygen atoms in total. The third-order valence-electron chi connectivity index (χ3n) is 14.8. The molecule has 1 unspecified atom stereocenters. The van der Waals surface area contributed by atoms with Crippen LogP contribution in [0.25, 0.3) is 0 Å². The van der Waals surface area contributed by atoms with Crippen LogP contribution in [0.2, 0.25) is 0 Å². The molecule has 0 N–H and O–H groups in total. The maximum Gasteiger partial charge on any atom is 0.309 e. The minimum atomic E-state index is -0.822. The molecule has 0 heterocycles. The first kappa shape index (κ1) is 77.1. The van der Waals surface area contributed by atoms with Gasteiger partial charge < -0.3 is 14.2 Å². The van der Waals surface area contributed by atoms with Crippen LogP contribution >= 0.6 is 0 Å². The van der Waals surface area contributed by atoms with E-state index in [1.807, 2.05) is 6.08 Å². The van der Waals surface area contributed by atoms with Gasteiger partial charge in [0.2, 0.25) is 0 Å². The van der Waals surface area contributed by atoms with E-state index in [0.717, 1.165) is 83.5 Å². The lowest BCUT2D eigenvalue weighted by molar-refractivity contribution is -0.166. The van der Waals surface area contributed by atoms with E-state index >= 15 is 0 Å². The summed E-state index contributed by atoms with van der Waals surface area (Å²) in [5, 5.41) is 0. The highest BCUT2D eigenvalue weighted by Crippen LogP contribution is 2.17. The van der Waals surface area contributed by atoms with Crippen molar-refractivity contribution in [3.05, 3.63) is 109 Å². The van der Waals surface area contributed by atoms with Crippen LogP contribution in [0.4, 0.5) is 0 Å². The van der Waals surface area contributed by atoms with E-state index in [-0.39, 0.29) is 31.6 Å². The molecular formula is C75H128O6. The molecule has 0 aliphatic carbocycles. The second-order valence-corrected chi connectivity index (χ2v) is 22.7. The standard InChI is InChI=1S/C75H128O6/c1-4-7-10-13-16-19-22-25-28-30-32-33-34-35-36-37-38-39-40-41-43-44-47-50-53-56-59-62-65-68-74(77)80-71-72(70-79-73(76)67-64-61-58-55-52-49-46-27-24-21-18-15-12-9-6-3)81-75(78)69-66-63-60-57-54-51-48-45-42-31-29-26-23-20-17-14-11-8-5-2/h9,12,17-18,20-22,25-27,29-30,32,46,52,55,61,64,72H,4-8,10-11,13-16,19,23-24,28,31,33-45,47-51,53-54,56-60,62-63,65-71H2,1-3H3/b12-9-,20-17-,21-18-,25-22-,29-26-,32-30-,46-27-,55-52-,64-61-. The first-order valence-corrected chi connectivity index (χ1v) is 34.4. The average molecular weight is 1130 g/mol. The predicted molar refractivity (Wildman–Crippen MR) is 353 cm³/mol. The number of esters is 3. The Morgan fingerprint density at radius 1 is 0.272 bits per heavy atom. The van der Waals surface area contributed by atoms with Gasteiger partial charge >= 0.3 is 17.9 Å². The van der Waals surface area contributed by atoms with Crippen molar-refractivity contribution in [2.24, 2.45) is 0 Å². The predicted octanol–water partition coefficient (Wildman–Crippen LogP) is 23.8. The van der Waals surface area contributed by atoms with Crippen LogP contribution in [0.5, 0.6) is 0 Å². The van der Waals surface area contributed by atoms with Gasteiger partial charge in [-0.3, -0.25) is 14.4 Å². The Morgan fingerprint density at radius 3 is 0.889 bits per heavy atom. The van der Waals surface area contributed by atoms with Crippen molar-refractivity contribution in [1.29, 1.82) is 0 Å². The van der Waals surface area contributed by atoms with E-state index in [0.29, 0.717) is 12.8 Å². The molecule has 0 bridgehead atoms. The fourth-order valence-corrected chi connectivity index (χ4v) is 9.64. The molecular weight excluding hydrogens is 997 g/mol. The molecule has 0 aliphatic heterocycles. The largest absolute Gasteiger partial charge is 0.462 e. The average Bonchev–Trinajstić information content (AvgIpc) is 3.47. The van der Waals surface area contributed by atoms with Crippen molar-refractivity contribution >= 4 is 17.9 Å². The molecule has 0 rings (SSSR count). The molecule has 0 aliphatic rings. The van der Waals surface area contributed by atoms with Gasteiger partial charge in [-0.1, -0.05) is 310 Å². The quantitative estimate of drug-likeness (QED) is 0.0261. The van der Waals surface area contributed by atoms with Gasteiger partial charge in [0.05, 0.1) is 6.42 Å². The van der Waals surface area contributed by atoms with Crippen LogP contribution in [0.15, 0.2) is 109 Å². The Bertz CT molecular complexity index is 1620. The van der Waals surface area contributed by atoms with Gasteiger partial charge in [-0.05, 0) is 109 Å². The van der Waals surface area contributed by atoms with Gasteiger partial charge in [-0.25, -0.2) is 0 Å². The normalized spacial score (nSPS) is 12.8. The summed E-state index contributed by atoms with van der Waals surface area (Å²) < 4.78 is 16.8. The van der Waals surface area contributed by atoms with Crippen LogP contribution in [-0.4, -0.2) is 37.2 Å². The van der Waals surface area contributed by atoms with Crippen molar-refractivity contribution in [1.82, 2.24) is 0 Å². The summed E-state index contributed by atoms with van der Waals surface area (Å²) in [7, 11) is 0. The summed E-state index contributed by atoms with van der Waals surface area (Å²) in [5.74, 6) is -1.04. The van der Waals surface area contributed by atoms with Gasteiger partial charge in [0, 0.05) is 12.8 Å². The number of carbonyl (C=O) groups is 3. The van der Waals surface area contributed by atoms with Crippen molar-refractivity contribution in [2.45, 2.75) is 335 Å². The Kier molecular flexibility index (Phi) is 65.2. The molecule has 0 fully saturated rings. The second kappa shape index (κ2) is 68.6. The molecule has 6 heteroatoms. The molecule has 0 aromatic rings. The zero-order valence-corrected chi connectivity index (χ0v) is 53.3. The topological polar surface area (TPSA) is 78.9 Å². The molecule has 0 aromatic carbocycles. The molecule has 0 radical (unpaired) electrons. The van der Waals surface area contributed by atoms with Crippen LogP contribution < -0.4 is 0 Å². The van der Waals surface area contributed by atoms with Crippen molar-refractivity contribution in [3.8, 4) is 0 Å². The van der Waals surface area contributed by atoms with Crippen LogP contribution in [0, 0.1) is 0 Å². The summed E-state index contributed by atoms with van der Waals surface area (Å²) in [6.07, 6.45) is 94.3. The van der Waals surface area contributed by atoms with E-state index < -0.39 is 12.1 Å². The number of hydrogen-bond acceptors (Lipinski definition) is 6. The van der Waals surface area contributed by atoms with Crippen LogP contribution in [0.3, 0.4) is 0 Å². The van der Waals surface area contributed by atoms with E-state index in [9.17, 15) is 14.4 Å². The molecule has 1 atom stereocenters. The Balaban J connectivity index is 4.32. The fraction of sp³-hybridized carbons (Fsp3) is 0.720. The summed E-state index contributed by atoms with van der Waals surface area (Å²) in [6.45, 7) is 6.43. The maximum absolute atomic E-state index is 12.9. The number of rotatable bonds is 62. The zero-order valence-electron chi connectivity index (χ0n) is 53.3. The van der Waals surface area contributed by atoms with Gasteiger partial charge in [0.25, 0.3) is 0 Å². The lowest BCUT2D eigenvalue weighted by Crippen LogP contribution is -2.30. The molecule has 0 spiro atoms. The minimum Gasteiger partial charge on any atom is -0.462 e. The highest BCUT2D eigenvalue weighted by molar-refractivity contribution is 5.72. The van der Waals surface area contributed by atoms with Crippen LogP contribution in [0.1, 0.15) is 329 Å². The lowest BCUT2D eigenvalue weighted by Gasteiger charge is -2.18. The smallest absolute Gasteiger partial charge is 0.309 e. The molecule has 0 saturated heterocycles. The van der Waals surface area contributed by atoms with Gasteiger partial charge in [-0.2, -0.15) is 0 Å². The highest BCUT2D eigenvalue weighted by atomic mass is 16.6. The highest BCUT2D eigenvalue weighted by Gasteiger charge is 2.19. The number of unbranched alkanes of at least 4 members (excludes halogenated alkanes) is 34. The second-order valence-electron chi connectivity index (χ2n) is 22.7. The lowest BCUT2D eigenvalue weighted by atomic mass is 10.0. The van der Waals surface area contributed by atoms with Crippen molar-refractivity contribution in [3.63, 3.8) is 0 Å². The molecule has 464 valence electrons. The zero-order chi connectivity index (χ0) is 58.5. The summed E-state index contributed by atoms with van der Waals surface area (Å²) >= 11 is 0. The number of carbonyl (C=O) groups excluding carboxylic acids is 3. The maximum atomic E-state index is 12.9. The summed E-state index contributed by atoms with van der Waals surface area (Å²) in [4.78, 5) is 38.3. The summed E-state index contributed by atoms with van der Waals surface area (Å²) in [6, 6.07) is 0. The number of hydrogen-bond donors (Lipinski definition) is 0. The van der Waals surface area contributed by atoms with Gasteiger partial charge in [0.1, 0.15) is 13.2 Å². The van der Waals surface area contributed by atoms with Crippen molar-refractivity contribution < 1.29 is 28.6 Å². The van der Waals surface area contributed by atoms with Crippen LogP contribution in [-0.2, 0) is 28.6 Å². The van der Waals surface area contributed by atoms with Crippen molar-refractivity contribution in [2.75, 3.05) is 13.2 Å². The third kappa shape index (κ3) is 66.8. The fourth-order valence-electron chi connectivity index (χ4n) is 9.64. The van der Waals surface area contributed by atoms with Gasteiger partial charge in [-0.15, -0.1) is 0 Å². The molecule has 81 heavy (non-hydrogen) atoms. The first-order chi connectivity index (χ1) is 40.0. The number of allylic oxidation sites excluding steroid dienone is 17. The summed E-state index contributed by atoms with van der Waals surface area (Å²) in [5.41, 5.74) is 0. The Labute approximate surface area is 501 Å². The van der Waals surface area contributed by atoms with E-state index in [1.54, 1.807) is 6.08 Å².